The van der Waals surface area contributed by atoms with E-state index in [9.17, 15) is 13.2 Å². The summed E-state index contributed by atoms with van der Waals surface area (Å²) in [5.74, 6) is -0.0662. The maximum absolute atomic E-state index is 12.7. The molecule has 0 aromatic carbocycles. The smallest absolute Gasteiger partial charge is 0.282 e. The Morgan fingerprint density at radius 3 is 2.30 bits per heavy atom. The third-order valence-electron chi connectivity index (χ3n) is 3.77. The van der Waals surface area contributed by atoms with Crippen LogP contribution in [-0.2, 0) is 10.2 Å². The van der Waals surface area contributed by atoms with Crippen molar-refractivity contribution in [2.24, 2.45) is 0 Å². The normalized spacial score (nSPS) is 16.9. The third kappa shape index (κ3) is 4.28. The molecule has 0 spiro atoms. The molecule has 130 valence electrons. The quantitative estimate of drug-likeness (QED) is 0.734. The first-order chi connectivity index (χ1) is 11.0. The van der Waals surface area contributed by atoms with Gasteiger partial charge in [0.1, 0.15) is 4.88 Å². The van der Waals surface area contributed by atoms with E-state index in [1.165, 1.54) is 15.6 Å². The number of thiazole rings is 1. The minimum absolute atomic E-state index is 0.0662. The lowest BCUT2D eigenvalue weighted by Gasteiger charge is -2.36. The van der Waals surface area contributed by atoms with Crippen molar-refractivity contribution in [1.29, 1.82) is 0 Å². The van der Waals surface area contributed by atoms with Gasteiger partial charge in [0.15, 0.2) is 0 Å². The van der Waals surface area contributed by atoms with Crippen molar-refractivity contribution in [2.45, 2.75) is 26.7 Å². The minimum Gasteiger partial charge on any atom is -0.335 e. The largest absolute Gasteiger partial charge is 0.335 e. The SMILES string of the molecule is CCCN(CCC)S(=O)(=O)N1CCN(C(=O)c2cncs2)CC1. The van der Waals surface area contributed by atoms with E-state index in [0.717, 1.165) is 12.8 Å². The van der Waals surface area contributed by atoms with E-state index in [1.807, 2.05) is 13.8 Å². The number of rotatable bonds is 7. The van der Waals surface area contributed by atoms with E-state index in [1.54, 1.807) is 20.9 Å². The van der Waals surface area contributed by atoms with Crippen LogP contribution in [0.3, 0.4) is 0 Å². The summed E-state index contributed by atoms with van der Waals surface area (Å²) in [7, 11) is -3.43. The maximum Gasteiger partial charge on any atom is 0.282 e. The van der Waals surface area contributed by atoms with E-state index in [-0.39, 0.29) is 5.91 Å². The Kier molecular flexibility index (Phi) is 6.51. The van der Waals surface area contributed by atoms with Crippen LogP contribution in [0.15, 0.2) is 11.7 Å². The average Bonchev–Trinajstić information content (AvgIpc) is 3.08. The predicted molar refractivity (Wildman–Crippen MR) is 90.7 cm³/mol. The minimum atomic E-state index is -3.43. The molecule has 1 amide bonds. The van der Waals surface area contributed by atoms with Crippen molar-refractivity contribution < 1.29 is 13.2 Å². The van der Waals surface area contributed by atoms with Gasteiger partial charge in [-0.1, -0.05) is 13.8 Å². The highest BCUT2D eigenvalue weighted by Crippen LogP contribution is 2.16. The first kappa shape index (κ1) is 18.3. The average molecular weight is 361 g/mol. The number of carbonyl (C=O) groups excluding carboxylic acids is 1. The lowest BCUT2D eigenvalue weighted by molar-refractivity contribution is 0.0698. The van der Waals surface area contributed by atoms with Crippen LogP contribution < -0.4 is 0 Å². The molecule has 2 rings (SSSR count). The second kappa shape index (κ2) is 8.18. The molecular formula is C14H24N4O3S2. The van der Waals surface area contributed by atoms with Gasteiger partial charge in [-0.2, -0.15) is 17.0 Å². The Bertz CT molecular complexity index is 590. The first-order valence-corrected chi connectivity index (χ1v) is 10.2. The Labute approximate surface area is 142 Å². The summed E-state index contributed by atoms with van der Waals surface area (Å²) >= 11 is 1.31. The number of amides is 1. The van der Waals surface area contributed by atoms with Crippen LogP contribution in [0.4, 0.5) is 0 Å². The van der Waals surface area contributed by atoms with Crippen LogP contribution in [0.1, 0.15) is 36.4 Å². The molecule has 1 aromatic heterocycles. The van der Waals surface area contributed by atoms with Gasteiger partial charge in [0.2, 0.25) is 0 Å². The molecule has 2 heterocycles. The van der Waals surface area contributed by atoms with Gasteiger partial charge >= 0.3 is 0 Å². The zero-order valence-electron chi connectivity index (χ0n) is 13.6. The van der Waals surface area contributed by atoms with Crippen LogP contribution in [0.2, 0.25) is 0 Å². The van der Waals surface area contributed by atoms with Crippen LogP contribution in [-0.4, -0.2) is 72.1 Å². The van der Waals surface area contributed by atoms with Gasteiger partial charge in [0.05, 0.1) is 11.7 Å². The molecule has 0 saturated carbocycles. The van der Waals surface area contributed by atoms with Gasteiger partial charge in [-0.25, -0.2) is 0 Å². The summed E-state index contributed by atoms with van der Waals surface area (Å²) in [6, 6.07) is 0. The molecule has 0 N–H and O–H groups in total. The van der Waals surface area contributed by atoms with Crippen molar-refractivity contribution in [3.63, 3.8) is 0 Å². The molecule has 0 unspecified atom stereocenters. The van der Waals surface area contributed by atoms with Crippen molar-refractivity contribution in [1.82, 2.24) is 18.5 Å². The van der Waals surface area contributed by atoms with Gasteiger partial charge in [-0.05, 0) is 12.8 Å². The predicted octanol–water partition coefficient (Wildman–Crippen LogP) is 1.27. The molecule has 7 nitrogen and oxygen atoms in total. The van der Waals surface area contributed by atoms with Gasteiger partial charge in [0, 0.05) is 39.3 Å². The van der Waals surface area contributed by atoms with Crippen molar-refractivity contribution in [3.8, 4) is 0 Å². The zero-order valence-corrected chi connectivity index (χ0v) is 15.3. The standard InChI is InChI=1S/C14H24N4O3S2/c1-3-5-17(6-4-2)23(20,21)18-9-7-16(8-10-18)14(19)13-11-15-12-22-13/h11-12H,3-10H2,1-2H3. The highest BCUT2D eigenvalue weighted by molar-refractivity contribution is 7.86. The summed E-state index contributed by atoms with van der Waals surface area (Å²) in [6.07, 6.45) is 3.15. The van der Waals surface area contributed by atoms with Crippen LogP contribution in [0.25, 0.3) is 0 Å². The molecule has 9 heteroatoms. The number of piperazine rings is 1. The molecule has 0 bridgehead atoms. The number of hydrogen-bond donors (Lipinski definition) is 0. The van der Waals surface area contributed by atoms with Crippen LogP contribution >= 0.6 is 11.3 Å². The molecule has 1 saturated heterocycles. The van der Waals surface area contributed by atoms with Gasteiger partial charge in [-0.3, -0.25) is 9.78 Å². The van der Waals surface area contributed by atoms with Crippen molar-refractivity contribution in [2.75, 3.05) is 39.3 Å². The summed E-state index contributed by atoms with van der Waals surface area (Å²) in [4.78, 5) is 18.5. The number of nitrogens with zero attached hydrogens (tertiary/aromatic N) is 4. The fourth-order valence-electron chi connectivity index (χ4n) is 2.60. The van der Waals surface area contributed by atoms with E-state index in [2.05, 4.69) is 4.98 Å². The van der Waals surface area contributed by atoms with Crippen molar-refractivity contribution >= 4 is 27.5 Å². The summed E-state index contributed by atoms with van der Waals surface area (Å²) < 4.78 is 28.5. The fourth-order valence-corrected chi connectivity index (χ4v) is 4.97. The highest BCUT2D eigenvalue weighted by atomic mass is 32.2. The van der Waals surface area contributed by atoms with E-state index >= 15 is 0 Å². The van der Waals surface area contributed by atoms with Gasteiger partial charge in [-0.15, -0.1) is 11.3 Å². The molecule has 1 aliphatic heterocycles. The summed E-state index contributed by atoms with van der Waals surface area (Å²) in [5, 5.41) is 0. The summed E-state index contributed by atoms with van der Waals surface area (Å²) in [5.41, 5.74) is 1.63. The maximum atomic E-state index is 12.7. The van der Waals surface area contributed by atoms with Gasteiger partial charge in [0.25, 0.3) is 16.1 Å². The molecule has 1 fully saturated rings. The number of carbonyl (C=O) groups is 1. The third-order valence-corrected chi connectivity index (χ3v) is 6.56. The van der Waals surface area contributed by atoms with Crippen molar-refractivity contribution in [3.05, 3.63) is 16.6 Å². The first-order valence-electron chi connectivity index (χ1n) is 7.93. The number of aromatic nitrogens is 1. The molecule has 0 atom stereocenters. The van der Waals surface area contributed by atoms with E-state index in [0.29, 0.717) is 44.1 Å². The topological polar surface area (TPSA) is 73.8 Å². The molecule has 0 radical (unpaired) electrons. The molecule has 0 aliphatic carbocycles. The molecule has 23 heavy (non-hydrogen) atoms. The summed E-state index contributed by atoms with van der Waals surface area (Å²) in [6.45, 7) is 6.55. The molecule has 1 aromatic rings. The molecule has 1 aliphatic rings. The van der Waals surface area contributed by atoms with Crippen LogP contribution in [0, 0.1) is 0 Å². The Morgan fingerprint density at radius 2 is 1.83 bits per heavy atom. The van der Waals surface area contributed by atoms with E-state index < -0.39 is 10.2 Å². The molecular weight excluding hydrogens is 336 g/mol. The zero-order chi connectivity index (χ0) is 16.9. The second-order valence-corrected chi connectivity index (χ2v) is 8.28. The van der Waals surface area contributed by atoms with Gasteiger partial charge < -0.3 is 4.90 Å². The van der Waals surface area contributed by atoms with E-state index in [4.69, 9.17) is 0 Å². The lowest BCUT2D eigenvalue weighted by Crippen LogP contribution is -2.54. The highest BCUT2D eigenvalue weighted by Gasteiger charge is 2.33. The fraction of sp³-hybridized carbons (Fsp3) is 0.714. The Morgan fingerprint density at radius 1 is 1.22 bits per heavy atom. The Hall–Kier alpha value is -1.03. The van der Waals surface area contributed by atoms with Crippen LogP contribution in [0.5, 0.6) is 0 Å². The monoisotopic (exact) mass is 360 g/mol. The number of hydrogen-bond acceptors (Lipinski definition) is 5. The second-order valence-electron chi connectivity index (χ2n) is 5.46. The Balaban J connectivity index is 1.98. The lowest BCUT2D eigenvalue weighted by atomic mass is 10.3.